The lowest BCUT2D eigenvalue weighted by atomic mass is 10.2. The van der Waals surface area contributed by atoms with E-state index in [1.54, 1.807) is 30.3 Å². The highest BCUT2D eigenvalue weighted by Crippen LogP contribution is 2.17. The number of sulfonamides is 1. The van der Waals surface area contributed by atoms with E-state index < -0.39 is 21.9 Å². The van der Waals surface area contributed by atoms with Crippen LogP contribution in [0.5, 0.6) is 0 Å². The fourth-order valence-corrected chi connectivity index (χ4v) is 3.56. The van der Waals surface area contributed by atoms with Crippen LogP contribution in [-0.4, -0.2) is 44.4 Å². The molecule has 1 aliphatic rings. The zero-order valence-electron chi connectivity index (χ0n) is 16.9. The Morgan fingerprint density at radius 1 is 1.12 bits per heavy atom. The molecule has 2 aromatic carbocycles. The molecule has 0 aromatic heterocycles. The molecular formula is C21H21N5O5S. The Balaban J connectivity index is 1.66. The summed E-state index contributed by atoms with van der Waals surface area (Å²) >= 11 is 0. The summed E-state index contributed by atoms with van der Waals surface area (Å²) in [6.45, 7) is 1.44. The number of carboxylic acid groups (broad SMARTS) is 1. The normalized spacial score (nSPS) is 12.6. The van der Waals surface area contributed by atoms with Gasteiger partial charge in [-0.05, 0) is 36.4 Å². The Bertz CT molecular complexity index is 1210. The number of nitrogens with zero attached hydrogens (tertiary/aromatic N) is 1. The van der Waals surface area contributed by atoms with Crippen LogP contribution < -0.4 is 20.7 Å². The van der Waals surface area contributed by atoms with E-state index in [0.29, 0.717) is 23.8 Å². The molecule has 0 aliphatic carbocycles. The molecule has 0 fully saturated rings. The van der Waals surface area contributed by atoms with Gasteiger partial charge in [0.1, 0.15) is 0 Å². The van der Waals surface area contributed by atoms with Crippen molar-refractivity contribution >= 4 is 39.2 Å². The highest BCUT2D eigenvalue weighted by Gasteiger charge is 2.14. The zero-order chi connectivity index (χ0) is 23.0. The molecule has 0 atom stereocenters. The third kappa shape index (κ3) is 6.48. The first kappa shape index (κ1) is 22.6. The van der Waals surface area contributed by atoms with E-state index in [4.69, 9.17) is 5.11 Å². The molecule has 1 heterocycles. The first-order valence-electron chi connectivity index (χ1n) is 9.62. The van der Waals surface area contributed by atoms with Gasteiger partial charge >= 0.3 is 5.97 Å². The number of nitrogens with one attached hydrogen (secondary N) is 4. The highest BCUT2D eigenvalue weighted by atomic mass is 32.2. The van der Waals surface area contributed by atoms with Crippen LogP contribution >= 0.6 is 0 Å². The second-order valence-corrected chi connectivity index (χ2v) is 8.33. The Hall–Kier alpha value is -4.04. The number of carbonyl (C=O) groups is 2. The number of rotatable bonds is 7. The maximum atomic E-state index is 12.6. The predicted octanol–water partition coefficient (Wildman–Crippen LogP) is 1.41. The monoisotopic (exact) mass is 455 g/mol. The number of amides is 1. The van der Waals surface area contributed by atoms with Crippen LogP contribution in [0.3, 0.4) is 0 Å². The second kappa shape index (κ2) is 10.3. The lowest BCUT2D eigenvalue weighted by Gasteiger charge is -2.10. The van der Waals surface area contributed by atoms with Crippen molar-refractivity contribution in [2.45, 2.75) is 17.7 Å². The number of hydrogen-bond donors (Lipinski definition) is 5. The van der Waals surface area contributed by atoms with Gasteiger partial charge in [0, 0.05) is 35.9 Å². The number of anilines is 2. The van der Waals surface area contributed by atoms with E-state index in [0.717, 1.165) is 6.54 Å². The van der Waals surface area contributed by atoms with Crippen molar-refractivity contribution in [3.05, 3.63) is 54.1 Å². The Kier molecular flexibility index (Phi) is 7.30. The SMILES string of the molecule is O=C(O)CCC#CNS(=O)(=O)c1cccc(NC(=O)c2cccc(NC3=NCCN3)c2)c1. The van der Waals surface area contributed by atoms with Crippen molar-refractivity contribution in [3.8, 4) is 12.0 Å². The molecule has 32 heavy (non-hydrogen) atoms. The zero-order valence-corrected chi connectivity index (χ0v) is 17.7. The maximum Gasteiger partial charge on any atom is 0.304 e. The quantitative estimate of drug-likeness (QED) is 0.313. The van der Waals surface area contributed by atoms with Crippen molar-refractivity contribution in [1.29, 1.82) is 0 Å². The summed E-state index contributed by atoms with van der Waals surface area (Å²) in [4.78, 5) is 27.2. The smallest absolute Gasteiger partial charge is 0.304 e. The second-order valence-electron chi connectivity index (χ2n) is 6.65. The predicted molar refractivity (Wildman–Crippen MR) is 120 cm³/mol. The van der Waals surface area contributed by atoms with Gasteiger partial charge in [-0.2, -0.15) is 0 Å². The van der Waals surface area contributed by atoms with Crippen molar-refractivity contribution in [3.63, 3.8) is 0 Å². The van der Waals surface area contributed by atoms with Gasteiger partial charge in [-0.1, -0.05) is 18.1 Å². The van der Waals surface area contributed by atoms with Gasteiger partial charge in [-0.25, -0.2) is 13.1 Å². The Morgan fingerprint density at radius 2 is 1.91 bits per heavy atom. The fraction of sp³-hybridized carbons (Fsp3) is 0.190. The van der Waals surface area contributed by atoms with Gasteiger partial charge in [0.15, 0.2) is 5.96 Å². The molecule has 0 spiro atoms. The molecule has 0 saturated heterocycles. The Labute approximate surface area is 185 Å². The molecule has 5 N–H and O–H groups in total. The topological polar surface area (TPSA) is 149 Å². The standard InChI is InChI=1S/C21H21N5O5S/c27-19(28)9-1-2-10-24-32(30,31)18-8-4-7-17(14-18)25-20(29)15-5-3-6-16(13-15)26-21-22-11-12-23-21/h3-8,13-14,24H,1,9,11-12H2,(H,25,29)(H,27,28)(H2,22,23,26). The summed E-state index contributed by atoms with van der Waals surface area (Å²) in [5.41, 5.74) is 1.36. The molecule has 0 saturated carbocycles. The molecule has 0 unspecified atom stereocenters. The number of benzene rings is 2. The molecule has 3 rings (SSSR count). The number of carboxylic acids is 1. The van der Waals surface area contributed by atoms with Gasteiger partial charge in [-0.3, -0.25) is 14.6 Å². The third-order valence-electron chi connectivity index (χ3n) is 4.20. The molecule has 0 radical (unpaired) electrons. The minimum atomic E-state index is -3.96. The van der Waals surface area contributed by atoms with E-state index in [9.17, 15) is 18.0 Å². The third-order valence-corrected chi connectivity index (χ3v) is 5.45. The van der Waals surface area contributed by atoms with Crippen LogP contribution in [0.25, 0.3) is 0 Å². The van der Waals surface area contributed by atoms with E-state index in [2.05, 4.69) is 37.6 Å². The fourth-order valence-electron chi connectivity index (χ4n) is 2.69. The van der Waals surface area contributed by atoms with Crippen LogP contribution in [0.4, 0.5) is 11.4 Å². The van der Waals surface area contributed by atoms with Crippen LogP contribution in [0.15, 0.2) is 58.4 Å². The average Bonchev–Trinajstić information content (AvgIpc) is 3.26. The van der Waals surface area contributed by atoms with E-state index in [1.165, 1.54) is 18.2 Å². The summed E-state index contributed by atoms with van der Waals surface area (Å²) in [5, 5.41) is 17.4. The van der Waals surface area contributed by atoms with Crippen molar-refractivity contribution < 1.29 is 23.1 Å². The van der Waals surface area contributed by atoms with Gasteiger partial charge in [-0.15, -0.1) is 0 Å². The lowest BCUT2D eigenvalue weighted by Crippen LogP contribution is -2.26. The molecular weight excluding hydrogens is 434 g/mol. The molecule has 1 amide bonds. The van der Waals surface area contributed by atoms with E-state index >= 15 is 0 Å². The van der Waals surface area contributed by atoms with Gasteiger partial charge < -0.3 is 21.1 Å². The highest BCUT2D eigenvalue weighted by molar-refractivity contribution is 7.89. The summed E-state index contributed by atoms with van der Waals surface area (Å²) in [6.07, 6.45) is -0.164. The number of aliphatic imine (C=N–C) groups is 1. The molecule has 0 bridgehead atoms. The van der Waals surface area contributed by atoms with Crippen LogP contribution in [0, 0.1) is 12.0 Å². The average molecular weight is 455 g/mol. The summed E-state index contributed by atoms with van der Waals surface area (Å²) in [7, 11) is -3.96. The minimum Gasteiger partial charge on any atom is -0.481 e. The first-order chi connectivity index (χ1) is 15.3. The van der Waals surface area contributed by atoms with Crippen LogP contribution in [-0.2, 0) is 14.8 Å². The van der Waals surface area contributed by atoms with Crippen LogP contribution in [0.2, 0.25) is 0 Å². The molecule has 10 nitrogen and oxygen atoms in total. The molecule has 166 valence electrons. The number of guanidine groups is 1. The number of aliphatic carboxylic acids is 1. The van der Waals surface area contributed by atoms with Crippen LogP contribution in [0.1, 0.15) is 23.2 Å². The maximum absolute atomic E-state index is 12.6. The Morgan fingerprint density at radius 3 is 2.66 bits per heavy atom. The summed E-state index contributed by atoms with van der Waals surface area (Å²) in [5.74, 6) is 1.64. The minimum absolute atomic E-state index is 0.0191. The van der Waals surface area contributed by atoms with Crippen molar-refractivity contribution in [2.24, 2.45) is 4.99 Å². The number of carbonyl (C=O) groups excluding carboxylic acids is 1. The molecule has 2 aromatic rings. The number of hydrogen-bond acceptors (Lipinski definition) is 7. The summed E-state index contributed by atoms with van der Waals surface area (Å²) in [6, 6.07) is 14.8. The van der Waals surface area contributed by atoms with E-state index in [1.807, 2.05) is 0 Å². The first-order valence-corrected chi connectivity index (χ1v) is 11.1. The van der Waals surface area contributed by atoms with Gasteiger partial charge in [0.25, 0.3) is 15.9 Å². The van der Waals surface area contributed by atoms with Crippen molar-refractivity contribution in [2.75, 3.05) is 23.7 Å². The summed E-state index contributed by atoms with van der Waals surface area (Å²) < 4.78 is 26.8. The van der Waals surface area contributed by atoms with E-state index in [-0.39, 0.29) is 23.4 Å². The molecule has 11 heteroatoms. The molecule has 1 aliphatic heterocycles. The largest absolute Gasteiger partial charge is 0.481 e. The van der Waals surface area contributed by atoms with Gasteiger partial charge in [0.05, 0.1) is 17.9 Å². The van der Waals surface area contributed by atoms with Gasteiger partial charge in [0.2, 0.25) is 0 Å². The lowest BCUT2D eigenvalue weighted by molar-refractivity contribution is -0.136. The van der Waals surface area contributed by atoms with Crippen molar-refractivity contribution in [1.82, 2.24) is 10.0 Å².